The van der Waals surface area contributed by atoms with Gasteiger partial charge in [0.15, 0.2) is 0 Å². The van der Waals surface area contributed by atoms with E-state index in [9.17, 15) is 8.42 Å². The van der Waals surface area contributed by atoms with Crippen molar-refractivity contribution in [2.45, 2.75) is 44.3 Å². The van der Waals surface area contributed by atoms with Crippen LogP contribution < -0.4 is 10.5 Å². The molecule has 1 fully saturated rings. The van der Waals surface area contributed by atoms with Crippen LogP contribution in [-0.2, 0) is 16.4 Å². The fourth-order valence-corrected chi connectivity index (χ4v) is 4.28. The van der Waals surface area contributed by atoms with Crippen LogP contribution in [0.3, 0.4) is 0 Å². The Balaban J connectivity index is 2.23. The molecule has 1 aliphatic rings. The van der Waals surface area contributed by atoms with Gasteiger partial charge in [0.2, 0.25) is 10.0 Å². The van der Waals surface area contributed by atoms with Crippen molar-refractivity contribution in [3.8, 4) is 11.8 Å². The van der Waals surface area contributed by atoms with E-state index in [0.29, 0.717) is 12.2 Å². The van der Waals surface area contributed by atoms with E-state index in [-0.39, 0.29) is 5.25 Å². The molecule has 0 heterocycles. The summed E-state index contributed by atoms with van der Waals surface area (Å²) >= 11 is 0. The van der Waals surface area contributed by atoms with E-state index in [1.54, 1.807) is 6.07 Å². The number of nitrogens with two attached hydrogens (primary N) is 1. The largest absolute Gasteiger partial charge is 0.320 e. The summed E-state index contributed by atoms with van der Waals surface area (Å²) in [4.78, 5) is 0. The number of hydrogen-bond acceptors (Lipinski definition) is 3. The molecule has 0 radical (unpaired) electrons. The van der Waals surface area contributed by atoms with Crippen molar-refractivity contribution in [1.82, 2.24) is 0 Å². The van der Waals surface area contributed by atoms with Gasteiger partial charge in [-0.3, -0.25) is 4.72 Å². The fraction of sp³-hybridized carbons (Fsp3) is 0.500. The summed E-state index contributed by atoms with van der Waals surface area (Å²) in [5.74, 6) is 5.78. The van der Waals surface area contributed by atoms with Gasteiger partial charge in [-0.1, -0.05) is 31.6 Å². The summed E-state index contributed by atoms with van der Waals surface area (Å²) in [7, 11) is -3.28. The molecule has 1 aromatic rings. The molecule has 0 spiro atoms. The lowest BCUT2D eigenvalue weighted by Gasteiger charge is -2.16. The maximum Gasteiger partial charge on any atom is 0.235 e. The van der Waals surface area contributed by atoms with Crippen LogP contribution in [0.1, 0.15) is 43.7 Å². The first-order valence-electron chi connectivity index (χ1n) is 7.40. The summed E-state index contributed by atoms with van der Waals surface area (Å²) in [5, 5.41) is -0.251. The second kappa shape index (κ2) is 6.97. The van der Waals surface area contributed by atoms with Crippen molar-refractivity contribution in [2.24, 2.45) is 5.73 Å². The third-order valence-electron chi connectivity index (χ3n) is 3.81. The molecule has 0 aromatic heterocycles. The summed E-state index contributed by atoms with van der Waals surface area (Å²) in [6.45, 7) is 2.32. The molecule has 0 amide bonds. The Hall–Kier alpha value is -1.51. The first-order chi connectivity index (χ1) is 10.1. The molecule has 1 aromatic carbocycles. The predicted molar refractivity (Wildman–Crippen MR) is 86.6 cm³/mol. The van der Waals surface area contributed by atoms with Gasteiger partial charge < -0.3 is 5.73 Å². The van der Waals surface area contributed by atoms with Gasteiger partial charge in [0.05, 0.1) is 17.5 Å². The zero-order valence-corrected chi connectivity index (χ0v) is 13.2. The predicted octanol–water partition coefficient (Wildman–Crippen LogP) is 2.24. The first-order valence-corrected chi connectivity index (χ1v) is 8.95. The summed E-state index contributed by atoms with van der Waals surface area (Å²) < 4.78 is 27.5. The minimum absolute atomic E-state index is 0.251. The van der Waals surface area contributed by atoms with Crippen LogP contribution in [0.2, 0.25) is 0 Å². The molecule has 0 atom stereocenters. The summed E-state index contributed by atoms with van der Waals surface area (Å²) in [6.07, 6.45) is 4.27. The second-order valence-electron chi connectivity index (χ2n) is 5.28. The highest BCUT2D eigenvalue weighted by Gasteiger charge is 2.28. The molecule has 1 aliphatic carbocycles. The van der Waals surface area contributed by atoms with E-state index in [1.165, 1.54) is 0 Å². The van der Waals surface area contributed by atoms with Gasteiger partial charge in [0, 0.05) is 5.56 Å². The van der Waals surface area contributed by atoms with Gasteiger partial charge in [-0.25, -0.2) is 8.42 Å². The van der Waals surface area contributed by atoms with E-state index >= 15 is 0 Å². The van der Waals surface area contributed by atoms with Gasteiger partial charge in [0.25, 0.3) is 0 Å². The molecule has 0 saturated heterocycles. The molecule has 1 saturated carbocycles. The van der Waals surface area contributed by atoms with Crippen molar-refractivity contribution in [2.75, 3.05) is 11.3 Å². The Labute approximate surface area is 127 Å². The number of aryl methyl sites for hydroxylation is 1. The van der Waals surface area contributed by atoms with Crippen molar-refractivity contribution in [1.29, 1.82) is 0 Å². The molecule has 2 rings (SSSR count). The van der Waals surface area contributed by atoms with Crippen LogP contribution in [0, 0.1) is 11.8 Å². The van der Waals surface area contributed by atoms with Gasteiger partial charge >= 0.3 is 0 Å². The standard InChI is InChI=1S/C16H22N2O2S/c1-2-14-12-13(6-5-11-17)9-10-16(14)18-21(19,20)15-7-3-4-8-15/h9-10,12,15,18H,2-4,7-8,11,17H2,1H3. The first kappa shape index (κ1) is 15.9. The van der Waals surface area contributed by atoms with Crippen molar-refractivity contribution < 1.29 is 8.42 Å². The molecule has 3 N–H and O–H groups in total. The highest BCUT2D eigenvalue weighted by Crippen LogP contribution is 2.27. The molecular weight excluding hydrogens is 284 g/mol. The summed E-state index contributed by atoms with van der Waals surface area (Å²) in [5.41, 5.74) is 7.85. The van der Waals surface area contributed by atoms with Crippen LogP contribution in [0.4, 0.5) is 5.69 Å². The van der Waals surface area contributed by atoms with E-state index < -0.39 is 10.0 Å². The Bertz CT molecular complexity index is 651. The average molecular weight is 306 g/mol. The number of nitrogens with one attached hydrogen (secondary N) is 1. The Kier molecular flexibility index (Phi) is 5.27. The second-order valence-corrected chi connectivity index (χ2v) is 7.25. The van der Waals surface area contributed by atoms with E-state index in [4.69, 9.17) is 5.73 Å². The number of sulfonamides is 1. The van der Waals surface area contributed by atoms with Gasteiger partial charge in [-0.2, -0.15) is 0 Å². The maximum absolute atomic E-state index is 12.4. The molecule has 21 heavy (non-hydrogen) atoms. The van der Waals surface area contributed by atoms with Crippen LogP contribution in [-0.4, -0.2) is 20.2 Å². The molecule has 0 aliphatic heterocycles. The molecule has 5 heteroatoms. The monoisotopic (exact) mass is 306 g/mol. The van der Waals surface area contributed by atoms with Crippen LogP contribution in [0.15, 0.2) is 18.2 Å². The van der Waals surface area contributed by atoms with E-state index in [2.05, 4.69) is 16.6 Å². The minimum atomic E-state index is -3.28. The van der Waals surface area contributed by atoms with Crippen LogP contribution >= 0.6 is 0 Å². The number of rotatable bonds is 4. The van der Waals surface area contributed by atoms with Crippen LogP contribution in [0.25, 0.3) is 0 Å². The smallest absolute Gasteiger partial charge is 0.235 e. The van der Waals surface area contributed by atoms with Crippen molar-refractivity contribution in [3.63, 3.8) is 0 Å². The van der Waals surface area contributed by atoms with Crippen molar-refractivity contribution in [3.05, 3.63) is 29.3 Å². The van der Waals surface area contributed by atoms with Gasteiger partial charge in [0.1, 0.15) is 0 Å². The molecule has 0 unspecified atom stereocenters. The quantitative estimate of drug-likeness (QED) is 0.838. The van der Waals surface area contributed by atoms with E-state index in [1.807, 2.05) is 19.1 Å². The molecule has 4 nitrogen and oxygen atoms in total. The zero-order valence-electron chi connectivity index (χ0n) is 12.4. The Morgan fingerprint density at radius 3 is 2.67 bits per heavy atom. The number of hydrogen-bond donors (Lipinski definition) is 2. The highest BCUT2D eigenvalue weighted by atomic mass is 32.2. The molecule has 0 bridgehead atoms. The van der Waals surface area contributed by atoms with Crippen molar-refractivity contribution >= 4 is 15.7 Å². The van der Waals surface area contributed by atoms with Crippen LogP contribution in [0.5, 0.6) is 0 Å². The lowest BCUT2D eigenvalue weighted by Crippen LogP contribution is -2.25. The zero-order chi connectivity index (χ0) is 15.3. The SMILES string of the molecule is CCc1cc(C#CCN)ccc1NS(=O)(=O)C1CCCC1. The average Bonchev–Trinajstić information content (AvgIpc) is 3.01. The third kappa shape index (κ3) is 3.99. The Morgan fingerprint density at radius 1 is 1.33 bits per heavy atom. The molecule has 114 valence electrons. The maximum atomic E-state index is 12.4. The molecular formula is C16H22N2O2S. The highest BCUT2D eigenvalue weighted by molar-refractivity contribution is 7.93. The number of benzene rings is 1. The lowest BCUT2D eigenvalue weighted by atomic mass is 10.1. The number of anilines is 1. The topological polar surface area (TPSA) is 72.2 Å². The van der Waals surface area contributed by atoms with Gasteiger partial charge in [-0.15, -0.1) is 0 Å². The minimum Gasteiger partial charge on any atom is -0.320 e. The van der Waals surface area contributed by atoms with Gasteiger partial charge in [-0.05, 0) is 43.0 Å². The lowest BCUT2D eigenvalue weighted by molar-refractivity contribution is 0.585. The summed E-state index contributed by atoms with van der Waals surface area (Å²) in [6, 6.07) is 5.55. The fourth-order valence-electron chi connectivity index (χ4n) is 2.65. The normalized spacial score (nSPS) is 15.5. The third-order valence-corrected chi connectivity index (χ3v) is 5.67. The van der Waals surface area contributed by atoms with E-state index in [0.717, 1.165) is 43.2 Å². The Morgan fingerprint density at radius 2 is 2.05 bits per heavy atom.